The standard InChI is InChI=1S/C27H37F3N4O3S/c1-15-9-8-12-34(15)24(36)20-21(38-23(33-20)22(35)32-16(2)26(6,7)37)18-11-10-17(31-14-25(3,4)5)13-19(18)27(28,29)30/h10-11,13,15-16,31,37H,8-9,12,14H2,1-7H3,(H,32,35)/t15-,16+/m0/s1. The van der Waals surface area contributed by atoms with E-state index in [1.165, 1.54) is 19.9 Å². The highest BCUT2D eigenvalue weighted by Crippen LogP contribution is 2.42. The average Bonchev–Trinajstić information content (AvgIpc) is 3.42. The molecule has 0 saturated carbocycles. The molecule has 38 heavy (non-hydrogen) atoms. The second-order valence-electron chi connectivity index (χ2n) is 11.7. The second kappa shape index (κ2) is 10.8. The quantitative estimate of drug-likeness (QED) is 0.402. The zero-order chi connectivity index (χ0) is 28.6. The van der Waals surface area contributed by atoms with Gasteiger partial charge in [0.15, 0.2) is 5.01 Å². The number of carbonyl (C=O) groups is 2. The van der Waals surface area contributed by atoms with Crippen LogP contribution in [0.1, 0.15) is 87.2 Å². The fraction of sp³-hybridized carbons (Fsp3) is 0.593. The highest BCUT2D eigenvalue weighted by molar-refractivity contribution is 7.17. The fourth-order valence-corrected chi connectivity index (χ4v) is 5.00. The molecule has 3 rings (SSSR count). The average molecular weight is 555 g/mol. The van der Waals surface area contributed by atoms with Crippen LogP contribution in [-0.2, 0) is 6.18 Å². The maximum absolute atomic E-state index is 14.3. The molecule has 1 aromatic carbocycles. The maximum Gasteiger partial charge on any atom is 0.417 e. The van der Waals surface area contributed by atoms with Crippen molar-refractivity contribution in [1.82, 2.24) is 15.2 Å². The summed E-state index contributed by atoms with van der Waals surface area (Å²) in [7, 11) is 0. The van der Waals surface area contributed by atoms with Crippen LogP contribution in [0.4, 0.5) is 18.9 Å². The third-order valence-electron chi connectivity index (χ3n) is 6.64. The van der Waals surface area contributed by atoms with Crippen LogP contribution in [0.2, 0.25) is 0 Å². The molecule has 0 bridgehead atoms. The molecular formula is C27H37F3N4O3S. The summed E-state index contributed by atoms with van der Waals surface area (Å²) in [4.78, 5) is 32.4. The van der Waals surface area contributed by atoms with Gasteiger partial charge in [-0.05, 0) is 58.1 Å². The normalized spacial score (nSPS) is 17.4. The molecule has 0 radical (unpaired) electrons. The SMILES string of the molecule is C[C@H]1CCCN1C(=O)c1nc(C(=O)N[C@H](C)C(C)(C)O)sc1-c1ccc(NCC(C)(C)C)cc1C(F)(F)F. The van der Waals surface area contributed by atoms with Crippen LogP contribution in [-0.4, -0.2) is 57.6 Å². The van der Waals surface area contributed by atoms with Crippen molar-refractivity contribution < 1.29 is 27.9 Å². The van der Waals surface area contributed by atoms with E-state index < -0.39 is 35.2 Å². The van der Waals surface area contributed by atoms with Gasteiger partial charge in [-0.2, -0.15) is 13.2 Å². The molecule has 2 aromatic rings. The smallest absolute Gasteiger partial charge is 0.388 e. The Kier molecular flexibility index (Phi) is 8.53. The van der Waals surface area contributed by atoms with Gasteiger partial charge in [0.2, 0.25) is 0 Å². The summed E-state index contributed by atoms with van der Waals surface area (Å²) in [5.41, 5.74) is -2.38. The number of thiazole rings is 1. The van der Waals surface area contributed by atoms with E-state index in [1.807, 2.05) is 27.7 Å². The lowest BCUT2D eigenvalue weighted by molar-refractivity contribution is -0.137. The van der Waals surface area contributed by atoms with Crippen LogP contribution in [0.15, 0.2) is 18.2 Å². The second-order valence-corrected chi connectivity index (χ2v) is 12.7. The van der Waals surface area contributed by atoms with Crippen LogP contribution in [0.25, 0.3) is 10.4 Å². The highest BCUT2D eigenvalue weighted by atomic mass is 32.1. The lowest BCUT2D eigenvalue weighted by Gasteiger charge is -2.26. The summed E-state index contributed by atoms with van der Waals surface area (Å²) in [5.74, 6) is -1.17. The first-order valence-corrected chi connectivity index (χ1v) is 13.5. The number of hydrogen-bond donors (Lipinski definition) is 3. The zero-order valence-electron chi connectivity index (χ0n) is 22.9. The zero-order valence-corrected chi connectivity index (χ0v) is 23.7. The lowest BCUT2D eigenvalue weighted by atomic mass is 9.96. The number of nitrogens with zero attached hydrogens (tertiary/aromatic N) is 2. The molecule has 1 aromatic heterocycles. The molecule has 0 spiro atoms. The van der Waals surface area contributed by atoms with Crippen molar-refractivity contribution in [3.8, 4) is 10.4 Å². The van der Waals surface area contributed by atoms with Crippen molar-refractivity contribution >= 4 is 28.8 Å². The Morgan fingerprint density at radius 3 is 2.39 bits per heavy atom. The first-order chi connectivity index (χ1) is 17.4. The van der Waals surface area contributed by atoms with Gasteiger partial charge < -0.3 is 20.6 Å². The summed E-state index contributed by atoms with van der Waals surface area (Å²) >= 11 is 0.743. The summed E-state index contributed by atoms with van der Waals surface area (Å²) in [6.07, 6.45) is -3.15. The van der Waals surface area contributed by atoms with E-state index in [4.69, 9.17) is 0 Å². The number of carbonyl (C=O) groups excluding carboxylic acids is 2. The third-order valence-corrected chi connectivity index (χ3v) is 7.72. The monoisotopic (exact) mass is 554 g/mol. The topological polar surface area (TPSA) is 94.6 Å². The van der Waals surface area contributed by atoms with E-state index in [0.29, 0.717) is 18.8 Å². The number of halogens is 3. The minimum absolute atomic E-state index is 0.00939. The minimum atomic E-state index is -4.71. The molecule has 1 fully saturated rings. The van der Waals surface area contributed by atoms with Gasteiger partial charge in [0.25, 0.3) is 11.8 Å². The Hall–Kier alpha value is -2.66. The number of anilines is 1. The third kappa shape index (κ3) is 7.05. The predicted molar refractivity (Wildman–Crippen MR) is 143 cm³/mol. The number of likely N-dealkylation sites (tertiary alicyclic amines) is 1. The molecule has 2 heterocycles. The van der Waals surface area contributed by atoms with Gasteiger partial charge in [0.1, 0.15) is 5.69 Å². The Morgan fingerprint density at radius 1 is 1.21 bits per heavy atom. The number of benzene rings is 1. The molecule has 1 saturated heterocycles. The fourth-order valence-electron chi connectivity index (χ4n) is 4.00. The first-order valence-electron chi connectivity index (χ1n) is 12.7. The molecule has 7 nitrogen and oxygen atoms in total. The molecule has 210 valence electrons. The van der Waals surface area contributed by atoms with E-state index in [2.05, 4.69) is 15.6 Å². The number of alkyl halides is 3. The largest absolute Gasteiger partial charge is 0.417 e. The molecule has 11 heteroatoms. The number of rotatable bonds is 7. The molecule has 2 atom stereocenters. The van der Waals surface area contributed by atoms with E-state index >= 15 is 0 Å². The van der Waals surface area contributed by atoms with E-state index in [1.54, 1.807) is 17.9 Å². The van der Waals surface area contributed by atoms with Gasteiger partial charge in [-0.3, -0.25) is 9.59 Å². The molecule has 1 aliphatic heterocycles. The van der Waals surface area contributed by atoms with Crippen molar-refractivity contribution in [2.24, 2.45) is 5.41 Å². The molecular weight excluding hydrogens is 517 g/mol. The van der Waals surface area contributed by atoms with E-state index in [0.717, 1.165) is 30.2 Å². The predicted octanol–water partition coefficient (Wildman–Crippen LogP) is 5.80. The number of aliphatic hydroxyl groups is 1. The van der Waals surface area contributed by atoms with Gasteiger partial charge in [-0.25, -0.2) is 4.98 Å². The number of nitrogens with one attached hydrogen (secondary N) is 2. The van der Waals surface area contributed by atoms with Crippen LogP contribution >= 0.6 is 11.3 Å². The van der Waals surface area contributed by atoms with Crippen molar-refractivity contribution in [2.75, 3.05) is 18.4 Å². The Bertz CT molecular complexity index is 1180. The first kappa shape index (κ1) is 29.9. The van der Waals surface area contributed by atoms with Crippen LogP contribution in [0.3, 0.4) is 0 Å². The molecule has 3 N–H and O–H groups in total. The highest BCUT2D eigenvalue weighted by Gasteiger charge is 2.38. The van der Waals surface area contributed by atoms with Gasteiger partial charge in [0, 0.05) is 30.4 Å². The number of hydrogen-bond acceptors (Lipinski definition) is 6. The minimum Gasteiger partial charge on any atom is -0.388 e. The van der Waals surface area contributed by atoms with Crippen molar-refractivity contribution in [2.45, 2.75) is 85.2 Å². The Morgan fingerprint density at radius 2 is 1.87 bits per heavy atom. The number of amides is 2. The lowest BCUT2D eigenvalue weighted by Crippen LogP contribution is -2.47. The molecule has 1 aliphatic rings. The van der Waals surface area contributed by atoms with Crippen LogP contribution < -0.4 is 10.6 Å². The molecule has 0 aliphatic carbocycles. The summed E-state index contributed by atoms with van der Waals surface area (Å²) < 4.78 is 42.9. The van der Waals surface area contributed by atoms with Crippen molar-refractivity contribution in [3.63, 3.8) is 0 Å². The van der Waals surface area contributed by atoms with Gasteiger partial charge in [-0.15, -0.1) is 11.3 Å². The molecule has 2 amide bonds. The summed E-state index contributed by atoms with van der Waals surface area (Å²) in [6.45, 7) is 13.4. The molecule has 0 unspecified atom stereocenters. The Balaban J connectivity index is 2.12. The number of aromatic nitrogens is 1. The van der Waals surface area contributed by atoms with Gasteiger partial charge in [0.05, 0.1) is 22.1 Å². The van der Waals surface area contributed by atoms with E-state index in [9.17, 15) is 27.9 Å². The summed E-state index contributed by atoms with van der Waals surface area (Å²) in [6, 6.07) is 3.14. The van der Waals surface area contributed by atoms with Crippen LogP contribution in [0, 0.1) is 5.41 Å². The van der Waals surface area contributed by atoms with Gasteiger partial charge in [-0.1, -0.05) is 26.8 Å². The van der Waals surface area contributed by atoms with Crippen molar-refractivity contribution in [1.29, 1.82) is 0 Å². The Labute approximate surface area is 225 Å². The van der Waals surface area contributed by atoms with Crippen LogP contribution in [0.5, 0.6) is 0 Å². The summed E-state index contributed by atoms with van der Waals surface area (Å²) in [5, 5.41) is 15.7. The van der Waals surface area contributed by atoms with Crippen molar-refractivity contribution in [3.05, 3.63) is 34.5 Å². The van der Waals surface area contributed by atoms with Gasteiger partial charge >= 0.3 is 6.18 Å². The van der Waals surface area contributed by atoms with E-state index in [-0.39, 0.29) is 32.6 Å². The maximum atomic E-state index is 14.3.